The van der Waals surface area contributed by atoms with Crippen LogP contribution in [0.2, 0.25) is 5.02 Å². The van der Waals surface area contributed by atoms with Gasteiger partial charge in [-0.1, -0.05) is 17.7 Å². The number of amides is 3. The van der Waals surface area contributed by atoms with Crippen LogP contribution in [-0.4, -0.2) is 66.1 Å². The average molecular weight is 461 g/mol. The number of anilines is 1. The Kier molecular flexibility index (Phi) is 6.31. The summed E-state index contributed by atoms with van der Waals surface area (Å²) >= 11 is 5.96. The van der Waals surface area contributed by atoms with Crippen molar-refractivity contribution in [2.75, 3.05) is 44.7 Å². The fourth-order valence-corrected chi connectivity index (χ4v) is 3.85. The van der Waals surface area contributed by atoms with E-state index in [1.807, 2.05) is 0 Å². The topological polar surface area (TPSA) is 114 Å². The van der Waals surface area contributed by atoms with Crippen molar-refractivity contribution >= 4 is 34.9 Å². The summed E-state index contributed by atoms with van der Waals surface area (Å²) < 4.78 is 10.9. The third-order valence-corrected chi connectivity index (χ3v) is 5.47. The molecule has 10 nitrogen and oxygen atoms in total. The maximum atomic E-state index is 13.2. The SMILES string of the molecule is O=C(Nc1cccc(Cl)c1)N1CCCN(C(=O)c2cc3c(cc2[N+](=O)[O-])OCCO3)CC1. The molecule has 1 saturated heterocycles. The molecule has 2 heterocycles. The molecule has 3 amide bonds. The molecule has 0 spiro atoms. The van der Waals surface area contributed by atoms with E-state index in [0.717, 1.165) is 0 Å². The van der Waals surface area contributed by atoms with Crippen molar-refractivity contribution in [1.29, 1.82) is 0 Å². The number of carbonyl (C=O) groups excluding carboxylic acids is 2. The minimum atomic E-state index is -0.603. The van der Waals surface area contributed by atoms with Gasteiger partial charge in [-0.05, 0) is 24.6 Å². The van der Waals surface area contributed by atoms with Crippen molar-refractivity contribution in [2.24, 2.45) is 0 Å². The number of hydrogen-bond acceptors (Lipinski definition) is 6. The van der Waals surface area contributed by atoms with E-state index < -0.39 is 10.8 Å². The van der Waals surface area contributed by atoms with Crippen LogP contribution in [0.25, 0.3) is 0 Å². The van der Waals surface area contributed by atoms with Gasteiger partial charge in [-0.3, -0.25) is 14.9 Å². The van der Waals surface area contributed by atoms with Crippen LogP contribution in [0.3, 0.4) is 0 Å². The van der Waals surface area contributed by atoms with Gasteiger partial charge in [-0.15, -0.1) is 0 Å². The van der Waals surface area contributed by atoms with E-state index in [4.69, 9.17) is 21.1 Å². The van der Waals surface area contributed by atoms with Crippen molar-refractivity contribution in [3.8, 4) is 11.5 Å². The Labute approximate surface area is 188 Å². The Balaban J connectivity index is 1.47. The second kappa shape index (κ2) is 9.31. The van der Waals surface area contributed by atoms with Gasteiger partial charge in [0.15, 0.2) is 11.5 Å². The van der Waals surface area contributed by atoms with Crippen molar-refractivity contribution in [1.82, 2.24) is 9.80 Å². The highest BCUT2D eigenvalue weighted by atomic mass is 35.5. The van der Waals surface area contributed by atoms with Gasteiger partial charge in [-0.25, -0.2) is 4.79 Å². The number of halogens is 1. The quantitative estimate of drug-likeness (QED) is 0.554. The second-order valence-corrected chi connectivity index (χ2v) is 7.78. The number of nitrogens with zero attached hydrogens (tertiary/aromatic N) is 3. The predicted molar refractivity (Wildman–Crippen MR) is 117 cm³/mol. The molecule has 0 aliphatic carbocycles. The average Bonchev–Trinajstić information content (AvgIpc) is 3.04. The van der Waals surface area contributed by atoms with Crippen LogP contribution in [0, 0.1) is 10.1 Å². The number of rotatable bonds is 3. The maximum Gasteiger partial charge on any atom is 0.321 e. The zero-order chi connectivity index (χ0) is 22.7. The molecule has 1 N–H and O–H groups in total. The third-order valence-electron chi connectivity index (χ3n) is 5.23. The van der Waals surface area contributed by atoms with Gasteiger partial charge in [0.1, 0.15) is 18.8 Å². The lowest BCUT2D eigenvalue weighted by Gasteiger charge is -2.23. The lowest BCUT2D eigenvalue weighted by atomic mass is 10.1. The number of hydrogen-bond donors (Lipinski definition) is 1. The van der Waals surface area contributed by atoms with Gasteiger partial charge >= 0.3 is 6.03 Å². The summed E-state index contributed by atoms with van der Waals surface area (Å²) in [7, 11) is 0. The summed E-state index contributed by atoms with van der Waals surface area (Å²) in [6, 6.07) is 9.12. The highest BCUT2D eigenvalue weighted by Gasteiger charge is 2.30. The van der Waals surface area contributed by atoms with Gasteiger partial charge in [0.2, 0.25) is 0 Å². The zero-order valence-corrected chi connectivity index (χ0v) is 17.8. The van der Waals surface area contributed by atoms with Crippen LogP contribution in [0.1, 0.15) is 16.8 Å². The molecule has 0 atom stereocenters. The number of carbonyl (C=O) groups is 2. The molecule has 2 aromatic carbocycles. The standard InChI is InChI=1S/C21H21ClN4O6/c22-14-3-1-4-15(11-14)23-21(28)25-6-2-5-24(7-8-25)20(27)16-12-18-19(32-10-9-31-18)13-17(16)26(29)30/h1,3-4,11-13H,2,5-10H2,(H,23,28). The fraction of sp³-hybridized carbons (Fsp3) is 0.333. The predicted octanol–water partition coefficient (Wildman–Crippen LogP) is 3.40. The Bertz CT molecular complexity index is 1060. The molecule has 0 saturated carbocycles. The molecule has 0 bridgehead atoms. The molecular formula is C21H21ClN4O6. The monoisotopic (exact) mass is 460 g/mol. The smallest absolute Gasteiger partial charge is 0.321 e. The normalized spacial score (nSPS) is 15.7. The molecule has 2 aliphatic rings. The molecule has 1 fully saturated rings. The minimum absolute atomic E-state index is 0.0592. The number of ether oxygens (including phenoxy) is 2. The van der Waals surface area contributed by atoms with E-state index in [9.17, 15) is 19.7 Å². The van der Waals surface area contributed by atoms with Crippen molar-refractivity contribution in [3.63, 3.8) is 0 Å². The molecule has 168 valence electrons. The first kappa shape index (κ1) is 21.7. The fourth-order valence-electron chi connectivity index (χ4n) is 3.66. The molecule has 32 heavy (non-hydrogen) atoms. The van der Waals surface area contributed by atoms with Crippen LogP contribution in [-0.2, 0) is 0 Å². The van der Waals surface area contributed by atoms with Gasteiger partial charge in [-0.2, -0.15) is 0 Å². The van der Waals surface area contributed by atoms with Crippen LogP contribution in [0.15, 0.2) is 36.4 Å². The summed E-state index contributed by atoms with van der Waals surface area (Å²) in [6.07, 6.45) is 0.535. The Hall–Kier alpha value is -3.53. The molecule has 11 heteroatoms. The molecule has 2 aliphatic heterocycles. The van der Waals surface area contributed by atoms with Crippen LogP contribution < -0.4 is 14.8 Å². The van der Waals surface area contributed by atoms with Crippen LogP contribution in [0.5, 0.6) is 11.5 Å². The van der Waals surface area contributed by atoms with Crippen molar-refractivity contribution in [2.45, 2.75) is 6.42 Å². The molecular weight excluding hydrogens is 440 g/mol. The van der Waals surface area contributed by atoms with Gasteiger partial charge in [0, 0.05) is 43.0 Å². The van der Waals surface area contributed by atoms with Gasteiger partial charge in [0.25, 0.3) is 11.6 Å². The Morgan fingerprint density at radius 3 is 2.41 bits per heavy atom. The van der Waals surface area contributed by atoms with Gasteiger partial charge < -0.3 is 24.6 Å². The van der Waals surface area contributed by atoms with E-state index in [1.165, 1.54) is 17.0 Å². The number of nitrogens with one attached hydrogen (secondary N) is 1. The molecule has 2 aromatic rings. The highest BCUT2D eigenvalue weighted by Crippen LogP contribution is 2.37. The molecule has 4 rings (SSSR count). The largest absolute Gasteiger partial charge is 0.486 e. The maximum absolute atomic E-state index is 13.2. The summed E-state index contributed by atoms with van der Waals surface area (Å²) in [4.78, 5) is 39.9. The lowest BCUT2D eigenvalue weighted by molar-refractivity contribution is -0.385. The van der Waals surface area contributed by atoms with Gasteiger partial charge in [0.05, 0.1) is 11.0 Å². The van der Waals surface area contributed by atoms with E-state index in [2.05, 4.69) is 5.32 Å². The summed E-state index contributed by atoms with van der Waals surface area (Å²) in [5.74, 6) is 0.0764. The molecule has 0 radical (unpaired) electrons. The highest BCUT2D eigenvalue weighted by molar-refractivity contribution is 6.30. The first-order valence-electron chi connectivity index (χ1n) is 10.1. The second-order valence-electron chi connectivity index (χ2n) is 7.34. The van der Waals surface area contributed by atoms with Crippen molar-refractivity contribution in [3.05, 3.63) is 57.1 Å². The number of nitro benzene ring substituents is 1. The lowest BCUT2D eigenvalue weighted by Crippen LogP contribution is -2.39. The zero-order valence-electron chi connectivity index (χ0n) is 17.1. The van der Waals surface area contributed by atoms with E-state index in [-0.39, 0.29) is 42.7 Å². The van der Waals surface area contributed by atoms with E-state index in [1.54, 1.807) is 29.2 Å². The Morgan fingerprint density at radius 2 is 1.69 bits per heavy atom. The van der Waals surface area contributed by atoms with Crippen molar-refractivity contribution < 1.29 is 24.0 Å². The minimum Gasteiger partial charge on any atom is -0.486 e. The summed E-state index contributed by atoms with van der Waals surface area (Å²) in [5.41, 5.74) is 0.182. The summed E-state index contributed by atoms with van der Waals surface area (Å²) in [5, 5.41) is 14.9. The number of benzene rings is 2. The van der Waals surface area contributed by atoms with E-state index in [0.29, 0.717) is 42.6 Å². The van der Waals surface area contributed by atoms with E-state index >= 15 is 0 Å². The molecule has 0 aromatic heterocycles. The number of nitro groups is 1. The first-order chi connectivity index (χ1) is 15.4. The summed E-state index contributed by atoms with van der Waals surface area (Å²) in [6.45, 7) is 1.93. The number of urea groups is 1. The third kappa shape index (κ3) is 4.70. The molecule has 0 unspecified atom stereocenters. The van der Waals surface area contributed by atoms with Crippen LogP contribution >= 0.6 is 11.6 Å². The Morgan fingerprint density at radius 1 is 1.00 bits per heavy atom. The van der Waals surface area contributed by atoms with Crippen LogP contribution in [0.4, 0.5) is 16.2 Å². The first-order valence-corrected chi connectivity index (χ1v) is 10.5. The number of fused-ring (bicyclic) bond motifs is 1.